The lowest BCUT2D eigenvalue weighted by Gasteiger charge is -2.39. The molecule has 2 aliphatic rings. The Morgan fingerprint density at radius 2 is 2.00 bits per heavy atom. The fraction of sp³-hybridized carbons (Fsp3) is 0.750. The van der Waals surface area contributed by atoms with E-state index >= 15 is 0 Å². The Kier molecular flexibility index (Phi) is 3.41. The third kappa shape index (κ3) is 2.22. The van der Waals surface area contributed by atoms with Crippen LogP contribution in [0.15, 0.2) is 10.3 Å². The molecule has 106 valence electrons. The van der Waals surface area contributed by atoms with Crippen LogP contribution in [0, 0.1) is 6.92 Å². The van der Waals surface area contributed by atoms with Gasteiger partial charge in [0.15, 0.2) is 4.21 Å². The highest BCUT2D eigenvalue weighted by Gasteiger charge is 2.46. The van der Waals surface area contributed by atoms with Gasteiger partial charge in [-0.25, -0.2) is 8.42 Å². The predicted octanol–water partition coefficient (Wildman–Crippen LogP) is 1.31. The maximum atomic E-state index is 12.7. The molecule has 3 heterocycles. The van der Waals surface area contributed by atoms with Gasteiger partial charge in [0, 0.05) is 25.2 Å². The first kappa shape index (κ1) is 13.5. The van der Waals surface area contributed by atoms with Crippen LogP contribution in [-0.2, 0) is 10.0 Å². The van der Waals surface area contributed by atoms with Gasteiger partial charge < -0.3 is 4.90 Å². The Labute approximate surface area is 118 Å². The van der Waals surface area contributed by atoms with E-state index in [1.165, 1.54) is 0 Å². The summed E-state index contributed by atoms with van der Waals surface area (Å²) in [6.07, 6.45) is 1.97. The second-order valence-electron chi connectivity index (χ2n) is 5.36. The Hall–Kier alpha value is -0.500. The van der Waals surface area contributed by atoms with Gasteiger partial charge in [0.05, 0.1) is 5.69 Å². The lowest BCUT2D eigenvalue weighted by Crippen LogP contribution is -2.55. The number of piperazine rings is 1. The molecule has 2 unspecified atom stereocenters. The zero-order valence-electron chi connectivity index (χ0n) is 11.2. The van der Waals surface area contributed by atoms with E-state index < -0.39 is 10.0 Å². The molecule has 0 aliphatic carbocycles. The van der Waals surface area contributed by atoms with Crippen LogP contribution in [0.3, 0.4) is 0 Å². The van der Waals surface area contributed by atoms with Crippen LogP contribution >= 0.6 is 11.5 Å². The molecule has 2 saturated heterocycles. The highest BCUT2D eigenvalue weighted by Crippen LogP contribution is 2.36. The van der Waals surface area contributed by atoms with E-state index in [0.29, 0.717) is 4.21 Å². The van der Waals surface area contributed by atoms with E-state index in [2.05, 4.69) is 16.2 Å². The molecule has 5 nitrogen and oxygen atoms in total. The fourth-order valence-electron chi connectivity index (χ4n) is 3.17. The lowest BCUT2D eigenvalue weighted by atomic mass is 10.2. The summed E-state index contributed by atoms with van der Waals surface area (Å²) < 4.78 is 31.7. The molecule has 19 heavy (non-hydrogen) atoms. The van der Waals surface area contributed by atoms with Crippen molar-refractivity contribution in [3.05, 3.63) is 11.8 Å². The molecule has 0 N–H and O–H groups in total. The van der Waals surface area contributed by atoms with Crippen molar-refractivity contribution < 1.29 is 8.42 Å². The van der Waals surface area contributed by atoms with Gasteiger partial charge >= 0.3 is 0 Å². The van der Waals surface area contributed by atoms with E-state index in [0.717, 1.165) is 49.7 Å². The summed E-state index contributed by atoms with van der Waals surface area (Å²) in [7, 11) is -3.35. The fourth-order valence-corrected chi connectivity index (χ4v) is 6.08. The molecular formula is C12H19N3O2S2. The van der Waals surface area contributed by atoms with Crippen LogP contribution in [0.25, 0.3) is 0 Å². The second-order valence-corrected chi connectivity index (χ2v) is 8.23. The van der Waals surface area contributed by atoms with Gasteiger partial charge in [0.25, 0.3) is 10.0 Å². The van der Waals surface area contributed by atoms with E-state index in [1.54, 1.807) is 10.4 Å². The van der Waals surface area contributed by atoms with Crippen molar-refractivity contribution in [1.29, 1.82) is 0 Å². The molecular weight excluding hydrogens is 282 g/mol. The molecule has 1 aromatic heterocycles. The minimum Gasteiger partial charge on any atom is -0.300 e. The van der Waals surface area contributed by atoms with E-state index in [-0.39, 0.29) is 12.1 Å². The molecule has 2 bridgehead atoms. The first-order chi connectivity index (χ1) is 9.02. The van der Waals surface area contributed by atoms with E-state index in [4.69, 9.17) is 0 Å². The summed E-state index contributed by atoms with van der Waals surface area (Å²) in [6.45, 7) is 6.70. The van der Waals surface area contributed by atoms with Gasteiger partial charge in [-0.05, 0) is 43.9 Å². The van der Waals surface area contributed by atoms with Crippen LogP contribution < -0.4 is 0 Å². The number of sulfonamides is 1. The number of hydrogen-bond donors (Lipinski definition) is 0. The van der Waals surface area contributed by atoms with Gasteiger partial charge in [-0.1, -0.05) is 6.92 Å². The number of likely N-dealkylation sites (tertiary alicyclic amines) is 1. The SMILES string of the molecule is CCN1CC2CCC(C1)N2S(=O)(=O)c1cc(C)ns1. The normalized spacial score (nSPS) is 28.9. The number of nitrogens with zero attached hydrogens (tertiary/aromatic N) is 3. The summed E-state index contributed by atoms with van der Waals surface area (Å²) in [6, 6.07) is 1.98. The first-order valence-corrected chi connectivity index (χ1v) is 8.93. The van der Waals surface area contributed by atoms with Gasteiger partial charge in [-0.3, -0.25) is 0 Å². The maximum absolute atomic E-state index is 12.7. The van der Waals surface area contributed by atoms with Gasteiger partial charge in [0.1, 0.15) is 0 Å². The highest BCUT2D eigenvalue weighted by atomic mass is 32.2. The average Bonchev–Trinajstić information content (AvgIpc) is 2.92. The van der Waals surface area contributed by atoms with Crippen LogP contribution in [0.2, 0.25) is 0 Å². The number of aryl methyl sites for hydroxylation is 1. The third-order valence-corrected chi connectivity index (χ3v) is 7.39. The molecule has 0 radical (unpaired) electrons. The summed E-state index contributed by atoms with van der Waals surface area (Å²) >= 11 is 1.10. The molecule has 1 aromatic rings. The molecule has 7 heteroatoms. The molecule has 2 aliphatic heterocycles. The van der Waals surface area contributed by atoms with Crippen molar-refractivity contribution in [2.75, 3.05) is 19.6 Å². The van der Waals surface area contributed by atoms with Crippen LogP contribution in [-0.4, -0.2) is 53.7 Å². The van der Waals surface area contributed by atoms with E-state index in [1.807, 2.05) is 6.92 Å². The Bertz CT molecular complexity index is 555. The lowest BCUT2D eigenvalue weighted by molar-refractivity contribution is 0.135. The van der Waals surface area contributed by atoms with Crippen LogP contribution in [0.1, 0.15) is 25.5 Å². The summed E-state index contributed by atoms with van der Waals surface area (Å²) in [5, 5.41) is 0. The minimum atomic E-state index is -3.35. The largest absolute Gasteiger partial charge is 0.300 e. The Morgan fingerprint density at radius 1 is 1.37 bits per heavy atom. The summed E-state index contributed by atoms with van der Waals surface area (Å²) in [5.41, 5.74) is 0.781. The summed E-state index contributed by atoms with van der Waals surface area (Å²) in [4.78, 5) is 2.35. The van der Waals surface area contributed by atoms with Crippen LogP contribution in [0.5, 0.6) is 0 Å². The second kappa shape index (κ2) is 4.80. The highest BCUT2D eigenvalue weighted by molar-refractivity contribution is 7.91. The third-order valence-electron chi connectivity index (χ3n) is 4.08. The molecule has 2 fully saturated rings. The van der Waals surface area contributed by atoms with Crippen molar-refractivity contribution in [2.24, 2.45) is 0 Å². The molecule has 3 rings (SSSR count). The van der Waals surface area contributed by atoms with Gasteiger partial charge in [0.2, 0.25) is 0 Å². The maximum Gasteiger partial charge on any atom is 0.254 e. The van der Waals surface area contributed by atoms with Crippen molar-refractivity contribution in [3.8, 4) is 0 Å². The van der Waals surface area contributed by atoms with Crippen molar-refractivity contribution in [1.82, 2.24) is 13.6 Å². The van der Waals surface area contributed by atoms with E-state index in [9.17, 15) is 8.42 Å². The molecule has 0 aromatic carbocycles. The van der Waals surface area contributed by atoms with Crippen molar-refractivity contribution in [2.45, 2.75) is 43.0 Å². The molecule has 0 spiro atoms. The predicted molar refractivity (Wildman–Crippen MR) is 74.8 cm³/mol. The first-order valence-electron chi connectivity index (χ1n) is 6.71. The van der Waals surface area contributed by atoms with Crippen LogP contribution in [0.4, 0.5) is 0 Å². The number of likely N-dealkylation sites (N-methyl/N-ethyl adjacent to an activating group) is 1. The zero-order valence-corrected chi connectivity index (χ0v) is 12.9. The quantitative estimate of drug-likeness (QED) is 0.845. The molecule has 0 saturated carbocycles. The minimum absolute atomic E-state index is 0.145. The number of rotatable bonds is 3. The number of aromatic nitrogens is 1. The summed E-state index contributed by atoms with van der Waals surface area (Å²) in [5.74, 6) is 0. The van der Waals surface area contributed by atoms with Crippen molar-refractivity contribution in [3.63, 3.8) is 0 Å². The molecule has 0 amide bonds. The number of fused-ring (bicyclic) bond motifs is 2. The Morgan fingerprint density at radius 3 is 2.47 bits per heavy atom. The smallest absolute Gasteiger partial charge is 0.254 e. The average molecular weight is 301 g/mol. The standard InChI is InChI=1S/C12H19N3O2S2/c1-3-14-7-10-4-5-11(8-14)15(10)19(16,17)12-6-9(2)13-18-12/h6,10-11H,3-5,7-8H2,1-2H3. The van der Waals surface area contributed by atoms with Crippen molar-refractivity contribution >= 4 is 21.6 Å². The molecule has 2 atom stereocenters. The monoisotopic (exact) mass is 301 g/mol. The van der Waals surface area contributed by atoms with Gasteiger partial charge in [-0.2, -0.15) is 8.68 Å². The topological polar surface area (TPSA) is 53.5 Å². The zero-order chi connectivity index (χ0) is 13.6. The van der Waals surface area contributed by atoms with Gasteiger partial charge in [-0.15, -0.1) is 0 Å². The number of hydrogen-bond acceptors (Lipinski definition) is 5. The Balaban J connectivity index is 1.91.